The smallest absolute Gasteiger partial charge is 0.142 e. The SMILES string of the molecule is N=C1C=C(COc2cc(OCc3cccc(-c4cccc(F)c4)c3Cl)c(Cl)cc2CNC[C@H](O)CO)C=C/C1=N/O. The highest BCUT2D eigenvalue weighted by Crippen LogP contribution is 2.36. The minimum absolute atomic E-state index is 0.0472. The molecule has 0 aromatic heterocycles. The number of ether oxygens (including phenoxy) is 2. The van der Waals surface area contributed by atoms with Crippen molar-refractivity contribution in [2.24, 2.45) is 5.16 Å². The standard InChI is InChI=1S/C30H28Cl2FN3O5/c31-25-11-21(13-35-14-23(38)15-37)28(40-16-18-7-8-27(36-39)26(34)9-18)12-29(25)41-17-20-4-2-6-24(30(20)32)19-3-1-5-22(33)10-19/h1-12,23,34-35,37-39H,13-17H2/b34-26?,36-27-/t23-/m0/s1. The summed E-state index contributed by atoms with van der Waals surface area (Å²) in [6, 6.07) is 14.9. The first-order valence-electron chi connectivity index (χ1n) is 12.6. The van der Waals surface area contributed by atoms with E-state index in [1.807, 2.05) is 12.1 Å². The van der Waals surface area contributed by atoms with Crippen molar-refractivity contribution >= 4 is 34.6 Å². The molecule has 5 N–H and O–H groups in total. The third kappa shape index (κ3) is 7.93. The predicted octanol–water partition coefficient (Wildman–Crippen LogP) is 5.55. The third-order valence-electron chi connectivity index (χ3n) is 6.18. The molecule has 0 radical (unpaired) electrons. The summed E-state index contributed by atoms with van der Waals surface area (Å²) in [6.45, 7) is 0.237. The van der Waals surface area contributed by atoms with E-state index in [0.29, 0.717) is 49.4 Å². The van der Waals surface area contributed by atoms with Crippen LogP contribution in [0.2, 0.25) is 10.0 Å². The molecule has 1 atom stereocenters. The van der Waals surface area contributed by atoms with Gasteiger partial charge < -0.3 is 30.2 Å². The van der Waals surface area contributed by atoms with Gasteiger partial charge in [0.15, 0.2) is 0 Å². The Bertz CT molecular complexity index is 1510. The number of benzene rings is 3. The molecule has 0 saturated carbocycles. The summed E-state index contributed by atoms with van der Waals surface area (Å²) >= 11 is 13.2. The summed E-state index contributed by atoms with van der Waals surface area (Å²) in [7, 11) is 0. The Kier molecular flexibility index (Phi) is 10.5. The maximum atomic E-state index is 13.8. The number of nitrogens with zero attached hydrogens (tertiary/aromatic N) is 1. The van der Waals surface area contributed by atoms with Gasteiger partial charge in [-0.3, -0.25) is 5.41 Å². The molecule has 3 aromatic rings. The van der Waals surface area contributed by atoms with Crippen molar-refractivity contribution in [3.05, 3.63) is 105 Å². The quantitative estimate of drug-likeness (QED) is 0.106. The number of aliphatic hydroxyl groups is 2. The Balaban J connectivity index is 1.54. The number of aliphatic hydroxyl groups excluding tert-OH is 2. The van der Waals surface area contributed by atoms with Crippen LogP contribution in [0.4, 0.5) is 4.39 Å². The van der Waals surface area contributed by atoms with Crippen LogP contribution >= 0.6 is 23.2 Å². The van der Waals surface area contributed by atoms with Crippen LogP contribution in [-0.2, 0) is 13.2 Å². The number of allylic oxidation sites excluding steroid dienone is 2. The van der Waals surface area contributed by atoms with Crippen molar-refractivity contribution in [3.63, 3.8) is 0 Å². The molecule has 214 valence electrons. The monoisotopic (exact) mass is 599 g/mol. The van der Waals surface area contributed by atoms with Gasteiger partial charge in [-0.2, -0.15) is 0 Å². The highest BCUT2D eigenvalue weighted by molar-refractivity contribution is 6.50. The van der Waals surface area contributed by atoms with E-state index < -0.39 is 6.10 Å². The molecule has 0 spiro atoms. The molecule has 41 heavy (non-hydrogen) atoms. The lowest BCUT2D eigenvalue weighted by Gasteiger charge is -2.18. The van der Waals surface area contributed by atoms with E-state index >= 15 is 0 Å². The van der Waals surface area contributed by atoms with Crippen LogP contribution in [0.1, 0.15) is 11.1 Å². The van der Waals surface area contributed by atoms with E-state index in [4.69, 9.17) is 48.4 Å². The van der Waals surface area contributed by atoms with E-state index in [-0.39, 0.29) is 50.2 Å². The lowest BCUT2D eigenvalue weighted by Crippen LogP contribution is -2.29. The van der Waals surface area contributed by atoms with E-state index in [1.54, 1.807) is 36.4 Å². The lowest BCUT2D eigenvalue weighted by molar-refractivity contribution is 0.0941. The molecule has 4 rings (SSSR count). The van der Waals surface area contributed by atoms with Crippen LogP contribution in [0, 0.1) is 11.2 Å². The molecular formula is C30H28Cl2FN3O5. The number of halogens is 3. The van der Waals surface area contributed by atoms with Crippen LogP contribution in [0.5, 0.6) is 11.5 Å². The Labute approximate surface area is 246 Å². The van der Waals surface area contributed by atoms with Crippen molar-refractivity contribution in [1.29, 1.82) is 5.41 Å². The number of hydrogen-bond donors (Lipinski definition) is 5. The van der Waals surface area contributed by atoms with Gasteiger partial charge in [-0.05, 0) is 41.5 Å². The van der Waals surface area contributed by atoms with Gasteiger partial charge >= 0.3 is 0 Å². The lowest BCUT2D eigenvalue weighted by atomic mass is 10.0. The van der Waals surface area contributed by atoms with E-state index in [9.17, 15) is 9.50 Å². The van der Waals surface area contributed by atoms with Crippen molar-refractivity contribution < 1.29 is 29.3 Å². The first kappa shape index (κ1) is 30.2. The summed E-state index contributed by atoms with van der Waals surface area (Å²) in [5, 5.41) is 42.5. The average molecular weight is 600 g/mol. The maximum absolute atomic E-state index is 13.8. The first-order chi connectivity index (χ1) is 19.8. The van der Waals surface area contributed by atoms with E-state index in [1.165, 1.54) is 24.3 Å². The molecule has 1 aliphatic rings. The molecule has 11 heteroatoms. The largest absolute Gasteiger partial charge is 0.488 e. The van der Waals surface area contributed by atoms with Gasteiger partial charge in [0.2, 0.25) is 0 Å². The normalized spacial score (nSPS) is 14.7. The molecule has 1 aliphatic carbocycles. The Hall–Kier alpha value is -3.73. The summed E-state index contributed by atoms with van der Waals surface area (Å²) in [5.41, 5.74) is 3.53. The molecule has 8 nitrogen and oxygen atoms in total. The van der Waals surface area contributed by atoms with E-state index in [2.05, 4.69) is 10.5 Å². The second-order valence-corrected chi connectivity index (χ2v) is 9.96. The summed E-state index contributed by atoms with van der Waals surface area (Å²) in [4.78, 5) is 0. The minimum Gasteiger partial charge on any atom is -0.488 e. The van der Waals surface area contributed by atoms with Gasteiger partial charge in [0, 0.05) is 35.8 Å². The molecule has 0 amide bonds. The molecule has 0 fully saturated rings. The highest BCUT2D eigenvalue weighted by atomic mass is 35.5. The van der Waals surface area contributed by atoms with Crippen LogP contribution in [-0.4, -0.2) is 52.7 Å². The molecular weight excluding hydrogens is 572 g/mol. The van der Waals surface area contributed by atoms with Crippen molar-refractivity contribution in [2.45, 2.75) is 19.3 Å². The topological polar surface area (TPSA) is 127 Å². The minimum atomic E-state index is -0.920. The number of nitrogens with one attached hydrogen (secondary N) is 2. The number of hydrogen-bond acceptors (Lipinski definition) is 8. The molecule has 3 aromatic carbocycles. The fourth-order valence-corrected chi connectivity index (χ4v) is 4.57. The Morgan fingerprint density at radius 3 is 2.49 bits per heavy atom. The van der Waals surface area contributed by atoms with Crippen LogP contribution in [0.15, 0.2) is 83.6 Å². The predicted molar refractivity (Wildman–Crippen MR) is 157 cm³/mol. The van der Waals surface area contributed by atoms with Gasteiger partial charge in [0.25, 0.3) is 0 Å². The highest BCUT2D eigenvalue weighted by Gasteiger charge is 2.16. The summed E-state index contributed by atoms with van der Waals surface area (Å²) < 4.78 is 25.9. The second-order valence-electron chi connectivity index (χ2n) is 9.18. The van der Waals surface area contributed by atoms with Gasteiger partial charge in [0.1, 0.15) is 36.2 Å². The number of oxime groups is 1. The molecule has 0 bridgehead atoms. The molecule has 0 unspecified atom stereocenters. The van der Waals surface area contributed by atoms with Crippen LogP contribution in [0.25, 0.3) is 11.1 Å². The fraction of sp³-hybridized carbons (Fsp3) is 0.200. The number of rotatable bonds is 12. The first-order valence-corrected chi connectivity index (χ1v) is 13.3. The Morgan fingerprint density at radius 2 is 1.76 bits per heavy atom. The van der Waals surface area contributed by atoms with Gasteiger partial charge in [-0.15, -0.1) is 0 Å². The molecule has 0 heterocycles. The summed E-state index contributed by atoms with van der Waals surface area (Å²) in [6.07, 6.45) is 3.81. The van der Waals surface area contributed by atoms with Gasteiger partial charge in [-0.25, -0.2) is 4.39 Å². The Morgan fingerprint density at radius 1 is 0.976 bits per heavy atom. The summed E-state index contributed by atoms with van der Waals surface area (Å²) in [5.74, 6) is 0.416. The molecule has 0 aliphatic heterocycles. The van der Waals surface area contributed by atoms with Crippen LogP contribution in [0.3, 0.4) is 0 Å². The van der Waals surface area contributed by atoms with Crippen molar-refractivity contribution in [3.8, 4) is 22.6 Å². The molecule has 0 saturated heterocycles. The van der Waals surface area contributed by atoms with Crippen molar-refractivity contribution in [1.82, 2.24) is 5.32 Å². The second kappa shape index (κ2) is 14.2. The zero-order valence-electron chi connectivity index (χ0n) is 21.8. The zero-order valence-corrected chi connectivity index (χ0v) is 23.3. The average Bonchev–Trinajstić information content (AvgIpc) is 2.96. The van der Waals surface area contributed by atoms with Gasteiger partial charge in [-0.1, -0.05) is 64.8 Å². The fourth-order valence-electron chi connectivity index (χ4n) is 4.04. The van der Waals surface area contributed by atoms with Gasteiger partial charge in [0.05, 0.1) is 28.5 Å². The maximum Gasteiger partial charge on any atom is 0.142 e. The van der Waals surface area contributed by atoms with Crippen LogP contribution < -0.4 is 14.8 Å². The van der Waals surface area contributed by atoms with E-state index in [0.717, 1.165) is 0 Å². The third-order valence-corrected chi connectivity index (χ3v) is 6.92. The van der Waals surface area contributed by atoms with Crippen molar-refractivity contribution in [2.75, 3.05) is 19.8 Å². The zero-order chi connectivity index (χ0) is 29.4.